The Balaban J connectivity index is 0. The molecule has 4 heteroatoms. The number of hydrogen-bond donors (Lipinski definition) is 0. The normalized spacial score (nSPS) is 7.40. The molecule has 0 unspecified atom stereocenters. The van der Waals surface area contributed by atoms with Gasteiger partial charge in [-0.1, -0.05) is 0 Å². The van der Waals surface area contributed by atoms with Gasteiger partial charge in [0, 0.05) is 11.6 Å². The second-order valence-electron chi connectivity index (χ2n) is 1.35. The molecular weight excluding hydrogens is 214 g/mol. The Hall–Kier alpha value is 0.326. The first-order chi connectivity index (χ1) is 3.79. The van der Waals surface area contributed by atoms with E-state index in [1.165, 1.54) is 6.07 Å². The molecule has 1 rings (SSSR count). The summed E-state index contributed by atoms with van der Waals surface area (Å²) in [6, 6.07) is 5.28. The standard InChI is InChI=1S/C6H3F2.BrH.Mg/c7-5-2-1-3-6(8)4-5;;/h1-2,4H;1H;/q-1;;+2/p-1. The van der Waals surface area contributed by atoms with Gasteiger partial charge in [0.2, 0.25) is 0 Å². The summed E-state index contributed by atoms with van der Waals surface area (Å²) in [4.78, 5) is 0. The second kappa shape index (κ2) is 6.06. The zero-order valence-corrected chi connectivity index (χ0v) is 8.07. The van der Waals surface area contributed by atoms with Crippen LogP contribution in [0.4, 0.5) is 8.78 Å². The van der Waals surface area contributed by atoms with E-state index in [4.69, 9.17) is 0 Å². The molecule has 1 aromatic rings. The van der Waals surface area contributed by atoms with Crippen LogP contribution in [-0.4, -0.2) is 23.1 Å². The van der Waals surface area contributed by atoms with Crippen molar-refractivity contribution in [3.63, 3.8) is 0 Å². The third kappa shape index (κ3) is 4.19. The largest absolute Gasteiger partial charge is 2.00 e. The maximum atomic E-state index is 11.9. The van der Waals surface area contributed by atoms with Gasteiger partial charge in [-0.2, -0.15) is 6.07 Å². The minimum absolute atomic E-state index is 0. The third-order valence-corrected chi connectivity index (χ3v) is 0.728. The Morgan fingerprint density at radius 3 is 2.20 bits per heavy atom. The number of benzene rings is 1. The molecule has 0 fully saturated rings. The molecule has 0 aliphatic carbocycles. The Bertz CT molecular complexity index is 176. The monoisotopic (exact) mass is 216 g/mol. The van der Waals surface area contributed by atoms with E-state index in [0.717, 1.165) is 12.1 Å². The van der Waals surface area contributed by atoms with Crippen LogP contribution >= 0.6 is 0 Å². The molecule has 0 nitrogen and oxygen atoms in total. The Morgan fingerprint density at radius 1 is 1.30 bits per heavy atom. The van der Waals surface area contributed by atoms with Crippen molar-refractivity contribution in [1.82, 2.24) is 0 Å². The van der Waals surface area contributed by atoms with Gasteiger partial charge < -0.3 is 17.0 Å². The van der Waals surface area contributed by atoms with Gasteiger partial charge >= 0.3 is 23.1 Å². The summed E-state index contributed by atoms with van der Waals surface area (Å²) in [7, 11) is 0. The van der Waals surface area contributed by atoms with Gasteiger partial charge in [0.1, 0.15) is 0 Å². The van der Waals surface area contributed by atoms with E-state index in [2.05, 4.69) is 6.07 Å². The van der Waals surface area contributed by atoms with Gasteiger partial charge in [-0.25, -0.2) is 8.78 Å². The van der Waals surface area contributed by atoms with Crippen LogP contribution in [0.25, 0.3) is 0 Å². The van der Waals surface area contributed by atoms with Crippen LogP contribution in [0.15, 0.2) is 18.2 Å². The Labute approximate surface area is 84.5 Å². The van der Waals surface area contributed by atoms with E-state index in [-0.39, 0.29) is 40.0 Å². The zero-order chi connectivity index (χ0) is 5.98. The van der Waals surface area contributed by atoms with Gasteiger partial charge in [-0.3, -0.25) is 0 Å². The van der Waals surface area contributed by atoms with Crippen LogP contribution in [0.3, 0.4) is 0 Å². The quantitative estimate of drug-likeness (QED) is 0.362. The van der Waals surface area contributed by atoms with Crippen LogP contribution in [0.1, 0.15) is 0 Å². The van der Waals surface area contributed by atoms with Crippen molar-refractivity contribution in [1.29, 1.82) is 0 Å². The molecule has 0 heterocycles. The average molecular weight is 217 g/mol. The Kier molecular flexibility index (Phi) is 7.86. The van der Waals surface area contributed by atoms with E-state index in [9.17, 15) is 8.78 Å². The summed E-state index contributed by atoms with van der Waals surface area (Å²) >= 11 is 0. The van der Waals surface area contributed by atoms with Gasteiger partial charge in [-0.05, 0) is 0 Å². The Morgan fingerprint density at radius 2 is 1.90 bits per heavy atom. The van der Waals surface area contributed by atoms with Crippen LogP contribution in [-0.2, 0) is 0 Å². The molecule has 0 amide bonds. The summed E-state index contributed by atoms with van der Waals surface area (Å²) in [5.74, 6) is -1.23. The molecule has 0 aliphatic heterocycles. The summed E-state index contributed by atoms with van der Waals surface area (Å²) in [5, 5.41) is 0. The summed E-state index contributed by atoms with van der Waals surface area (Å²) in [6.07, 6.45) is 0. The SMILES string of the molecule is Fc1[c-]ccc(F)c1.[Br-].[Mg+2]. The van der Waals surface area contributed by atoms with Gasteiger partial charge in [0.05, 0.1) is 0 Å². The molecule has 50 valence electrons. The van der Waals surface area contributed by atoms with Gasteiger partial charge in [0.15, 0.2) is 0 Å². The second-order valence-corrected chi connectivity index (χ2v) is 1.35. The molecule has 0 atom stereocenters. The van der Waals surface area contributed by atoms with Crippen molar-refractivity contribution < 1.29 is 25.8 Å². The zero-order valence-electron chi connectivity index (χ0n) is 5.07. The number of hydrogen-bond acceptors (Lipinski definition) is 0. The fraction of sp³-hybridized carbons (Fsp3) is 0. The predicted octanol–water partition coefficient (Wildman–Crippen LogP) is -1.61. The maximum Gasteiger partial charge on any atom is 2.00 e. The molecule has 0 saturated carbocycles. The van der Waals surface area contributed by atoms with E-state index in [1.807, 2.05) is 0 Å². The van der Waals surface area contributed by atoms with Crippen molar-refractivity contribution in [2.45, 2.75) is 0 Å². The summed E-state index contributed by atoms with van der Waals surface area (Å²) < 4.78 is 23.8. The molecule has 0 N–H and O–H groups in total. The average Bonchev–Trinajstić information content (AvgIpc) is 1.64. The van der Waals surface area contributed by atoms with Crippen molar-refractivity contribution >= 4 is 23.1 Å². The van der Waals surface area contributed by atoms with E-state index < -0.39 is 11.6 Å². The minimum Gasteiger partial charge on any atom is -1.00 e. The van der Waals surface area contributed by atoms with E-state index in [0.29, 0.717) is 0 Å². The topological polar surface area (TPSA) is 0 Å². The molecule has 0 bridgehead atoms. The fourth-order valence-corrected chi connectivity index (χ4v) is 0.412. The summed E-state index contributed by atoms with van der Waals surface area (Å²) in [5.41, 5.74) is 0. The van der Waals surface area contributed by atoms with Crippen LogP contribution in [0, 0.1) is 17.7 Å². The first-order valence-corrected chi connectivity index (χ1v) is 2.12. The minimum atomic E-state index is -0.662. The molecule has 10 heavy (non-hydrogen) atoms. The fourth-order valence-electron chi connectivity index (χ4n) is 0.412. The molecule has 0 radical (unpaired) electrons. The van der Waals surface area contributed by atoms with Crippen molar-refractivity contribution in [3.05, 3.63) is 35.9 Å². The van der Waals surface area contributed by atoms with Gasteiger partial charge in [-0.15, -0.1) is 18.2 Å². The van der Waals surface area contributed by atoms with E-state index in [1.54, 1.807) is 0 Å². The molecule has 0 saturated heterocycles. The third-order valence-electron chi connectivity index (χ3n) is 0.728. The predicted molar refractivity (Wildman–Crippen MR) is 30.9 cm³/mol. The molecule has 1 aromatic carbocycles. The smallest absolute Gasteiger partial charge is 1.00 e. The van der Waals surface area contributed by atoms with Crippen LogP contribution in [0.2, 0.25) is 0 Å². The van der Waals surface area contributed by atoms with Crippen molar-refractivity contribution in [3.8, 4) is 0 Å². The van der Waals surface area contributed by atoms with Crippen molar-refractivity contribution in [2.75, 3.05) is 0 Å². The molecular formula is C6H3BrF2Mg. The van der Waals surface area contributed by atoms with Crippen molar-refractivity contribution in [2.24, 2.45) is 0 Å². The molecule has 0 aliphatic rings. The number of halogens is 3. The van der Waals surface area contributed by atoms with Crippen LogP contribution < -0.4 is 17.0 Å². The first-order valence-electron chi connectivity index (χ1n) is 2.12. The molecule has 0 aromatic heterocycles. The summed E-state index contributed by atoms with van der Waals surface area (Å²) in [6.45, 7) is 0. The van der Waals surface area contributed by atoms with E-state index >= 15 is 0 Å². The maximum absolute atomic E-state index is 11.9. The first kappa shape index (κ1) is 13.0. The van der Waals surface area contributed by atoms with Gasteiger partial charge in [0.25, 0.3) is 0 Å². The van der Waals surface area contributed by atoms with Crippen LogP contribution in [0.5, 0.6) is 0 Å². The number of rotatable bonds is 0. The molecule has 0 spiro atoms.